The van der Waals surface area contributed by atoms with Crippen molar-refractivity contribution < 1.29 is 19.1 Å². The van der Waals surface area contributed by atoms with Gasteiger partial charge < -0.3 is 9.47 Å². The van der Waals surface area contributed by atoms with Crippen LogP contribution < -0.4 is 0 Å². The van der Waals surface area contributed by atoms with E-state index in [1.807, 2.05) is 40.7 Å². The Morgan fingerprint density at radius 1 is 1.14 bits per heavy atom. The first-order valence-electron chi connectivity index (χ1n) is 7.07. The van der Waals surface area contributed by atoms with Crippen molar-refractivity contribution in [1.29, 1.82) is 0 Å². The summed E-state index contributed by atoms with van der Waals surface area (Å²) in [4.78, 5) is 23.7. The summed E-state index contributed by atoms with van der Waals surface area (Å²) in [5.41, 5.74) is 0.897. The molecule has 2 atom stereocenters. The van der Waals surface area contributed by atoms with E-state index in [0.29, 0.717) is 5.56 Å². The van der Waals surface area contributed by atoms with Crippen LogP contribution >= 0.6 is 0 Å². The Bertz CT molecular complexity index is 514. The molecule has 116 valence electrons. The van der Waals surface area contributed by atoms with Crippen LogP contribution in [0.5, 0.6) is 0 Å². The fourth-order valence-corrected chi connectivity index (χ4v) is 1.95. The zero-order chi connectivity index (χ0) is 16.2. The summed E-state index contributed by atoms with van der Waals surface area (Å²) in [5, 5.41) is 0. The van der Waals surface area contributed by atoms with Gasteiger partial charge in [0.15, 0.2) is 0 Å². The maximum atomic E-state index is 12.1. The van der Waals surface area contributed by atoms with E-state index in [2.05, 4.69) is 0 Å². The van der Waals surface area contributed by atoms with Crippen molar-refractivity contribution >= 4 is 11.9 Å². The minimum Gasteiger partial charge on any atom is -0.465 e. The number of carbonyl (C=O) groups excluding carboxylic acids is 2. The number of methoxy groups -OCH3 is 1. The average Bonchev–Trinajstić information content (AvgIpc) is 2.43. The van der Waals surface area contributed by atoms with Gasteiger partial charge in [0.1, 0.15) is 5.60 Å². The van der Waals surface area contributed by atoms with Crippen molar-refractivity contribution in [3.05, 3.63) is 35.4 Å². The quantitative estimate of drug-likeness (QED) is 0.796. The number of ether oxygens (including phenoxy) is 2. The molecule has 0 spiro atoms. The molecule has 21 heavy (non-hydrogen) atoms. The zero-order valence-corrected chi connectivity index (χ0v) is 13.6. The zero-order valence-electron chi connectivity index (χ0n) is 13.6. The van der Waals surface area contributed by atoms with Crippen molar-refractivity contribution in [2.24, 2.45) is 5.92 Å². The Morgan fingerprint density at radius 2 is 1.76 bits per heavy atom. The second-order valence-electron chi connectivity index (χ2n) is 6.23. The molecular formula is C17H24O4. The summed E-state index contributed by atoms with van der Waals surface area (Å²) in [6.45, 7) is 9.33. The Hall–Kier alpha value is -1.84. The number of hydrogen-bond donors (Lipinski definition) is 0. The molecule has 0 heterocycles. The molecule has 0 amide bonds. The van der Waals surface area contributed by atoms with Gasteiger partial charge in [-0.05, 0) is 44.4 Å². The van der Waals surface area contributed by atoms with Crippen LogP contribution in [0.2, 0.25) is 0 Å². The van der Waals surface area contributed by atoms with Gasteiger partial charge in [-0.1, -0.05) is 26.0 Å². The minimum absolute atomic E-state index is 0.0514. The van der Waals surface area contributed by atoms with Crippen molar-refractivity contribution in [2.75, 3.05) is 7.11 Å². The van der Waals surface area contributed by atoms with Gasteiger partial charge in [0.05, 0.1) is 18.6 Å². The molecular weight excluding hydrogens is 268 g/mol. The number of rotatable bonds is 4. The molecule has 0 aromatic heterocycles. The van der Waals surface area contributed by atoms with Gasteiger partial charge in [0.2, 0.25) is 0 Å². The minimum atomic E-state index is -0.501. The lowest BCUT2D eigenvalue weighted by atomic mass is 9.88. The van der Waals surface area contributed by atoms with E-state index in [0.717, 1.165) is 5.56 Å². The standard InChI is InChI=1S/C17H24O4/c1-11(12(2)15(18)21-17(3,4)5)13-8-7-9-14(10-13)16(19)20-6/h7-12H,1-6H3. The molecule has 0 N–H and O–H groups in total. The lowest BCUT2D eigenvalue weighted by Crippen LogP contribution is -2.29. The topological polar surface area (TPSA) is 52.6 Å². The highest BCUT2D eigenvalue weighted by atomic mass is 16.6. The summed E-state index contributed by atoms with van der Waals surface area (Å²) in [6.07, 6.45) is 0. The summed E-state index contributed by atoms with van der Waals surface area (Å²) < 4.78 is 10.1. The summed E-state index contributed by atoms with van der Waals surface area (Å²) in [7, 11) is 1.35. The maximum Gasteiger partial charge on any atom is 0.337 e. The van der Waals surface area contributed by atoms with Crippen molar-refractivity contribution in [3.8, 4) is 0 Å². The smallest absolute Gasteiger partial charge is 0.337 e. The van der Waals surface area contributed by atoms with E-state index in [-0.39, 0.29) is 23.8 Å². The van der Waals surface area contributed by atoms with Crippen LogP contribution in [0.15, 0.2) is 24.3 Å². The highest BCUT2D eigenvalue weighted by molar-refractivity contribution is 5.89. The summed E-state index contributed by atoms with van der Waals surface area (Å²) >= 11 is 0. The van der Waals surface area contributed by atoms with E-state index < -0.39 is 5.60 Å². The summed E-state index contributed by atoms with van der Waals surface area (Å²) in [6, 6.07) is 7.15. The molecule has 0 aliphatic carbocycles. The molecule has 1 aromatic rings. The fourth-order valence-electron chi connectivity index (χ4n) is 1.95. The molecule has 0 saturated heterocycles. The van der Waals surface area contributed by atoms with Crippen LogP contribution in [0.25, 0.3) is 0 Å². The largest absolute Gasteiger partial charge is 0.465 e. The van der Waals surface area contributed by atoms with Gasteiger partial charge in [-0.15, -0.1) is 0 Å². The number of carbonyl (C=O) groups is 2. The van der Waals surface area contributed by atoms with E-state index >= 15 is 0 Å². The Labute approximate surface area is 126 Å². The lowest BCUT2D eigenvalue weighted by molar-refractivity contribution is -0.160. The predicted octanol–water partition coefficient (Wildman–Crippen LogP) is 3.55. The van der Waals surface area contributed by atoms with Crippen LogP contribution in [0.3, 0.4) is 0 Å². The molecule has 4 heteroatoms. The molecule has 0 fully saturated rings. The first kappa shape index (κ1) is 17.2. The molecule has 1 rings (SSSR count). The van der Waals surface area contributed by atoms with Gasteiger partial charge >= 0.3 is 11.9 Å². The first-order chi connectivity index (χ1) is 9.65. The van der Waals surface area contributed by atoms with Gasteiger partial charge in [-0.2, -0.15) is 0 Å². The number of hydrogen-bond acceptors (Lipinski definition) is 4. The highest BCUT2D eigenvalue weighted by Crippen LogP contribution is 2.27. The second-order valence-corrected chi connectivity index (χ2v) is 6.23. The van der Waals surface area contributed by atoms with Crippen LogP contribution in [-0.4, -0.2) is 24.6 Å². The normalized spacial score (nSPS) is 14.2. The van der Waals surface area contributed by atoms with Crippen molar-refractivity contribution in [3.63, 3.8) is 0 Å². The third-order valence-electron chi connectivity index (χ3n) is 3.36. The van der Waals surface area contributed by atoms with Crippen molar-refractivity contribution in [1.82, 2.24) is 0 Å². The van der Waals surface area contributed by atoms with E-state index in [4.69, 9.17) is 9.47 Å². The van der Waals surface area contributed by atoms with Crippen molar-refractivity contribution in [2.45, 2.75) is 46.1 Å². The molecule has 4 nitrogen and oxygen atoms in total. The Kier molecular flexibility index (Phi) is 5.53. The van der Waals surface area contributed by atoms with Gasteiger partial charge in [0.25, 0.3) is 0 Å². The van der Waals surface area contributed by atoms with Crippen LogP contribution in [0.4, 0.5) is 0 Å². The van der Waals surface area contributed by atoms with Gasteiger partial charge in [-0.25, -0.2) is 4.79 Å². The Balaban J connectivity index is 2.90. The van der Waals surface area contributed by atoms with Gasteiger partial charge in [-0.3, -0.25) is 4.79 Å². The predicted molar refractivity (Wildman–Crippen MR) is 81.2 cm³/mol. The lowest BCUT2D eigenvalue weighted by Gasteiger charge is -2.25. The maximum absolute atomic E-state index is 12.1. The number of esters is 2. The fraction of sp³-hybridized carbons (Fsp3) is 0.529. The average molecular weight is 292 g/mol. The SMILES string of the molecule is COC(=O)c1cccc(C(C)C(C)C(=O)OC(C)(C)C)c1. The number of benzene rings is 1. The third kappa shape index (κ3) is 4.88. The van der Waals surface area contributed by atoms with E-state index in [1.54, 1.807) is 18.2 Å². The van der Waals surface area contributed by atoms with E-state index in [9.17, 15) is 9.59 Å². The van der Waals surface area contributed by atoms with Gasteiger partial charge in [0, 0.05) is 0 Å². The van der Waals surface area contributed by atoms with E-state index in [1.165, 1.54) is 7.11 Å². The third-order valence-corrected chi connectivity index (χ3v) is 3.36. The first-order valence-corrected chi connectivity index (χ1v) is 7.07. The molecule has 1 aromatic carbocycles. The molecule has 0 aliphatic heterocycles. The van der Waals surface area contributed by atoms with Crippen LogP contribution in [-0.2, 0) is 14.3 Å². The van der Waals surface area contributed by atoms with Crippen LogP contribution in [0.1, 0.15) is 56.5 Å². The summed E-state index contributed by atoms with van der Waals surface area (Å²) in [5.74, 6) is -0.964. The highest BCUT2D eigenvalue weighted by Gasteiger charge is 2.27. The van der Waals surface area contributed by atoms with Crippen LogP contribution in [0, 0.1) is 5.92 Å². The monoisotopic (exact) mass is 292 g/mol. The Morgan fingerprint density at radius 3 is 2.29 bits per heavy atom. The molecule has 0 saturated carbocycles. The molecule has 2 unspecified atom stereocenters. The molecule has 0 radical (unpaired) electrons. The second kappa shape index (κ2) is 6.74. The molecule has 0 aliphatic rings. The molecule has 0 bridgehead atoms.